The molecule has 2 aromatic rings. The fourth-order valence-electron chi connectivity index (χ4n) is 2.33. The van der Waals surface area contributed by atoms with E-state index in [0.29, 0.717) is 30.8 Å². The van der Waals surface area contributed by atoms with E-state index in [4.69, 9.17) is 9.26 Å². The Hall–Kier alpha value is -1.88. The van der Waals surface area contributed by atoms with Crippen LogP contribution in [0.4, 0.5) is 0 Å². The zero-order chi connectivity index (χ0) is 13.9. The van der Waals surface area contributed by atoms with Gasteiger partial charge >= 0.3 is 0 Å². The maximum atomic E-state index is 5.65. The zero-order valence-corrected chi connectivity index (χ0v) is 11.8. The minimum Gasteiger partial charge on any atom is -0.492 e. The molecule has 0 radical (unpaired) electrons. The summed E-state index contributed by atoms with van der Waals surface area (Å²) in [6.45, 7) is 6.46. The average Bonchev–Trinajstić information content (AvgIpc) is 3.04. The van der Waals surface area contributed by atoms with Gasteiger partial charge in [-0.2, -0.15) is 4.98 Å². The number of benzene rings is 1. The molecule has 106 valence electrons. The third-order valence-electron chi connectivity index (χ3n) is 3.32. The number of hydrogen-bond acceptors (Lipinski definition) is 5. The minimum absolute atomic E-state index is 0.0776. The molecule has 1 aliphatic rings. The number of aromatic nitrogens is 2. The lowest BCUT2D eigenvalue weighted by Gasteiger charge is -2.03. The normalized spacial score (nSPS) is 17.2. The molecule has 3 rings (SSSR count). The van der Waals surface area contributed by atoms with Gasteiger partial charge in [-0.05, 0) is 18.5 Å². The number of para-hydroxylation sites is 1. The van der Waals surface area contributed by atoms with Crippen molar-refractivity contribution in [3.8, 4) is 5.75 Å². The molecule has 1 aromatic carbocycles. The van der Waals surface area contributed by atoms with E-state index in [9.17, 15) is 0 Å². The Morgan fingerprint density at radius 3 is 3.05 bits per heavy atom. The second kappa shape index (κ2) is 5.63. The first-order chi connectivity index (χ1) is 9.74. The molecule has 20 heavy (non-hydrogen) atoms. The Kier molecular flexibility index (Phi) is 3.69. The van der Waals surface area contributed by atoms with Crippen LogP contribution in [-0.2, 0) is 6.54 Å². The molecule has 0 aliphatic carbocycles. The van der Waals surface area contributed by atoms with Crippen LogP contribution in [0.3, 0.4) is 0 Å². The standard InChI is InChI=1S/C15H19N3O2/c1-10(2)7-16-8-14-17-15(18-20-14)12-9-19-13-6-4-3-5-11(12)13/h3-6,10,12,16H,7-9H2,1-2H3. The van der Waals surface area contributed by atoms with Crippen molar-refractivity contribution >= 4 is 0 Å². The van der Waals surface area contributed by atoms with E-state index in [-0.39, 0.29) is 5.92 Å². The summed E-state index contributed by atoms with van der Waals surface area (Å²) in [6.07, 6.45) is 0. The molecule has 0 fully saturated rings. The van der Waals surface area contributed by atoms with Crippen LogP contribution in [0.1, 0.15) is 37.0 Å². The molecule has 1 N–H and O–H groups in total. The lowest BCUT2D eigenvalue weighted by molar-refractivity contribution is 0.330. The van der Waals surface area contributed by atoms with Gasteiger partial charge in [0.25, 0.3) is 0 Å². The fraction of sp³-hybridized carbons (Fsp3) is 0.467. The predicted octanol–water partition coefficient (Wildman–Crippen LogP) is 2.34. The van der Waals surface area contributed by atoms with Crippen LogP contribution >= 0.6 is 0 Å². The highest BCUT2D eigenvalue weighted by atomic mass is 16.5. The first-order valence-electron chi connectivity index (χ1n) is 6.99. The van der Waals surface area contributed by atoms with Crippen molar-refractivity contribution < 1.29 is 9.26 Å². The van der Waals surface area contributed by atoms with Gasteiger partial charge in [-0.25, -0.2) is 0 Å². The zero-order valence-electron chi connectivity index (χ0n) is 11.8. The molecular formula is C15H19N3O2. The Morgan fingerprint density at radius 1 is 1.35 bits per heavy atom. The summed E-state index contributed by atoms with van der Waals surface area (Å²) in [5.41, 5.74) is 1.13. The van der Waals surface area contributed by atoms with Crippen LogP contribution < -0.4 is 10.1 Å². The largest absolute Gasteiger partial charge is 0.492 e. The molecule has 1 atom stereocenters. The molecule has 5 heteroatoms. The summed E-state index contributed by atoms with van der Waals surface area (Å²) < 4.78 is 10.9. The topological polar surface area (TPSA) is 60.2 Å². The van der Waals surface area contributed by atoms with Crippen molar-refractivity contribution in [2.24, 2.45) is 5.92 Å². The van der Waals surface area contributed by atoms with E-state index in [2.05, 4.69) is 35.4 Å². The summed E-state index contributed by atoms with van der Waals surface area (Å²) >= 11 is 0. The molecular weight excluding hydrogens is 254 g/mol. The SMILES string of the molecule is CC(C)CNCc1nc(C2COc3ccccc32)no1. The number of nitrogens with one attached hydrogen (secondary N) is 1. The average molecular weight is 273 g/mol. The number of rotatable bonds is 5. The molecule has 2 heterocycles. The Balaban J connectivity index is 1.69. The van der Waals surface area contributed by atoms with Crippen molar-refractivity contribution in [2.45, 2.75) is 26.3 Å². The number of ether oxygens (including phenoxy) is 1. The third-order valence-corrected chi connectivity index (χ3v) is 3.32. The molecule has 0 saturated carbocycles. The monoisotopic (exact) mass is 273 g/mol. The maximum Gasteiger partial charge on any atom is 0.240 e. The van der Waals surface area contributed by atoms with Gasteiger partial charge in [-0.1, -0.05) is 37.2 Å². The van der Waals surface area contributed by atoms with Gasteiger partial charge < -0.3 is 14.6 Å². The number of hydrogen-bond donors (Lipinski definition) is 1. The van der Waals surface area contributed by atoms with Gasteiger partial charge in [0, 0.05) is 5.56 Å². The summed E-state index contributed by atoms with van der Waals surface area (Å²) in [5, 5.41) is 7.39. The molecule has 5 nitrogen and oxygen atoms in total. The highest BCUT2D eigenvalue weighted by Crippen LogP contribution is 2.36. The van der Waals surface area contributed by atoms with E-state index in [1.165, 1.54) is 0 Å². The quantitative estimate of drug-likeness (QED) is 0.906. The van der Waals surface area contributed by atoms with E-state index >= 15 is 0 Å². The van der Waals surface area contributed by atoms with E-state index < -0.39 is 0 Å². The Morgan fingerprint density at radius 2 is 2.20 bits per heavy atom. The smallest absolute Gasteiger partial charge is 0.240 e. The van der Waals surface area contributed by atoms with Crippen LogP contribution in [0.15, 0.2) is 28.8 Å². The minimum atomic E-state index is 0.0776. The van der Waals surface area contributed by atoms with Gasteiger partial charge in [-0.15, -0.1) is 0 Å². The molecule has 1 unspecified atom stereocenters. The lowest BCUT2D eigenvalue weighted by Crippen LogP contribution is -2.19. The molecule has 1 aromatic heterocycles. The number of nitrogens with zero attached hydrogens (tertiary/aromatic N) is 2. The van der Waals surface area contributed by atoms with Crippen molar-refractivity contribution in [1.29, 1.82) is 0 Å². The van der Waals surface area contributed by atoms with E-state index in [0.717, 1.165) is 17.9 Å². The second-order valence-corrected chi connectivity index (χ2v) is 5.47. The predicted molar refractivity (Wildman–Crippen MR) is 74.6 cm³/mol. The first-order valence-corrected chi connectivity index (χ1v) is 6.99. The molecule has 1 aliphatic heterocycles. The van der Waals surface area contributed by atoms with Crippen molar-refractivity contribution in [1.82, 2.24) is 15.5 Å². The maximum absolute atomic E-state index is 5.65. The van der Waals surface area contributed by atoms with Gasteiger partial charge in [0.05, 0.1) is 12.5 Å². The number of fused-ring (bicyclic) bond motifs is 1. The van der Waals surface area contributed by atoms with Gasteiger partial charge in [0.1, 0.15) is 12.4 Å². The second-order valence-electron chi connectivity index (χ2n) is 5.47. The summed E-state index contributed by atoms with van der Waals surface area (Å²) in [5.74, 6) is 2.93. The van der Waals surface area contributed by atoms with Crippen LogP contribution in [0, 0.1) is 5.92 Å². The van der Waals surface area contributed by atoms with Crippen molar-refractivity contribution in [3.63, 3.8) is 0 Å². The van der Waals surface area contributed by atoms with Gasteiger partial charge in [-0.3, -0.25) is 0 Å². The van der Waals surface area contributed by atoms with Crippen molar-refractivity contribution in [3.05, 3.63) is 41.5 Å². The highest BCUT2D eigenvalue weighted by molar-refractivity contribution is 5.42. The van der Waals surface area contributed by atoms with E-state index in [1.54, 1.807) is 0 Å². The Labute approximate surface area is 118 Å². The summed E-state index contributed by atoms with van der Waals surface area (Å²) in [4.78, 5) is 4.47. The van der Waals surface area contributed by atoms with E-state index in [1.807, 2.05) is 18.2 Å². The van der Waals surface area contributed by atoms with Gasteiger partial charge in [0.15, 0.2) is 5.82 Å². The van der Waals surface area contributed by atoms with Crippen LogP contribution in [0.5, 0.6) is 5.75 Å². The molecule has 0 amide bonds. The summed E-state index contributed by atoms with van der Waals surface area (Å²) in [7, 11) is 0. The molecule has 0 bridgehead atoms. The van der Waals surface area contributed by atoms with Crippen LogP contribution in [0.25, 0.3) is 0 Å². The lowest BCUT2D eigenvalue weighted by atomic mass is 10.0. The van der Waals surface area contributed by atoms with Gasteiger partial charge in [0.2, 0.25) is 5.89 Å². The van der Waals surface area contributed by atoms with Crippen LogP contribution in [-0.4, -0.2) is 23.3 Å². The third kappa shape index (κ3) is 2.67. The molecule has 0 spiro atoms. The fourth-order valence-corrected chi connectivity index (χ4v) is 2.33. The van der Waals surface area contributed by atoms with Crippen LogP contribution in [0.2, 0.25) is 0 Å². The molecule has 0 saturated heterocycles. The first kappa shape index (κ1) is 13.1. The summed E-state index contributed by atoms with van der Waals surface area (Å²) in [6, 6.07) is 8.00. The Bertz CT molecular complexity index is 580. The highest BCUT2D eigenvalue weighted by Gasteiger charge is 2.29. The van der Waals surface area contributed by atoms with Crippen molar-refractivity contribution in [2.75, 3.05) is 13.2 Å².